The summed E-state index contributed by atoms with van der Waals surface area (Å²) in [6, 6.07) is 11.4. The lowest BCUT2D eigenvalue weighted by Gasteiger charge is -2.31. The summed E-state index contributed by atoms with van der Waals surface area (Å²) >= 11 is 12.1. The van der Waals surface area contributed by atoms with Crippen molar-refractivity contribution >= 4 is 34.9 Å². The van der Waals surface area contributed by atoms with Gasteiger partial charge >= 0.3 is 0 Å². The van der Waals surface area contributed by atoms with Crippen LogP contribution in [0.15, 0.2) is 42.5 Å². The topological polar surface area (TPSA) is 69.6 Å². The summed E-state index contributed by atoms with van der Waals surface area (Å²) in [5.41, 5.74) is 1.44. The van der Waals surface area contributed by atoms with E-state index in [1.807, 2.05) is 13.0 Å². The van der Waals surface area contributed by atoms with Crippen molar-refractivity contribution < 1.29 is 14.7 Å². The fourth-order valence-electron chi connectivity index (χ4n) is 3.64. The number of benzene rings is 2. The highest BCUT2D eigenvalue weighted by Gasteiger charge is 2.27. The number of piperidine rings is 1. The van der Waals surface area contributed by atoms with Crippen LogP contribution in [0, 0.1) is 5.92 Å². The molecule has 2 N–H and O–H groups in total. The van der Waals surface area contributed by atoms with Gasteiger partial charge in [0.2, 0.25) is 5.91 Å². The molecule has 5 nitrogen and oxygen atoms in total. The third kappa shape index (κ3) is 5.72. The predicted molar refractivity (Wildman–Crippen MR) is 115 cm³/mol. The normalized spacial score (nSPS) is 16.4. The van der Waals surface area contributed by atoms with Crippen LogP contribution in [-0.2, 0) is 4.79 Å². The first-order valence-corrected chi connectivity index (χ1v) is 10.4. The Morgan fingerprint density at radius 3 is 2.41 bits per heavy atom. The van der Waals surface area contributed by atoms with E-state index in [2.05, 4.69) is 10.2 Å². The molecule has 1 unspecified atom stereocenters. The predicted octanol–water partition coefficient (Wildman–Crippen LogP) is 4.47. The number of Topliss-reactive ketones (excluding diaryl/α,β-unsaturated/α-hetero) is 1. The molecule has 7 heteroatoms. The third-order valence-corrected chi connectivity index (χ3v) is 5.85. The van der Waals surface area contributed by atoms with Gasteiger partial charge in [-0.25, -0.2) is 0 Å². The molecule has 0 spiro atoms. The zero-order valence-electron chi connectivity index (χ0n) is 16.2. The molecule has 1 fully saturated rings. The van der Waals surface area contributed by atoms with E-state index in [4.69, 9.17) is 23.2 Å². The molecule has 2 aromatic carbocycles. The second-order valence-electron chi connectivity index (χ2n) is 7.42. The number of carbonyl (C=O) groups is 2. The Labute approximate surface area is 180 Å². The van der Waals surface area contributed by atoms with Gasteiger partial charge in [0.25, 0.3) is 0 Å². The Bertz CT molecular complexity index is 878. The lowest BCUT2D eigenvalue weighted by Crippen LogP contribution is -2.43. The Hall–Kier alpha value is -2.08. The number of amides is 1. The average molecular weight is 435 g/mol. The lowest BCUT2D eigenvalue weighted by atomic mass is 9.89. The molecule has 3 rings (SSSR count). The summed E-state index contributed by atoms with van der Waals surface area (Å²) in [5, 5.41) is 13.4. The van der Waals surface area contributed by atoms with Gasteiger partial charge in [0.05, 0.1) is 12.6 Å². The fraction of sp³-hybridized carbons (Fsp3) is 0.364. The minimum Gasteiger partial charge on any atom is -0.508 e. The summed E-state index contributed by atoms with van der Waals surface area (Å²) in [7, 11) is 0. The van der Waals surface area contributed by atoms with Gasteiger partial charge in [-0.05, 0) is 74.8 Å². The quantitative estimate of drug-likeness (QED) is 0.657. The summed E-state index contributed by atoms with van der Waals surface area (Å²) in [5.74, 6) is 0.120. The number of aromatic hydroxyl groups is 1. The molecule has 29 heavy (non-hydrogen) atoms. The van der Waals surface area contributed by atoms with Gasteiger partial charge in [0.15, 0.2) is 5.78 Å². The van der Waals surface area contributed by atoms with Crippen LogP contribution in [0.25, 0.3) is 0 Å². The van der Waals surface area contributed by atoms with E-state index in [9.17, 15) is 14.7 Å². The number of hydrogen-bond donors (Lipinski definition) is 2. The Kier molecular flexibility index (Phi) is 7.17. The molecule has 1 atom stereocenters. The lowest BCUT2D eigenvalue weighted by molar-refractivity contribution is -0.123. The first kappa shape index (κ1) is 21.6. The van der Waals surface area contributed by atoms with E-state index in [0.717, 1.165) is 5.56 Å². The van der Waals surface area contributed by atoms with Crippen molar-refractivity contribution in [1.82, 2.24) is 10.2 Å². The van der Waals surface area contributed by atoms with Gasteiger partial charge in [-0.1, -0.05) is 29.3 Å². The highest BCUT2D eigenvalue weighted by molar-refractivity contribution is 6.35. The van der Waals surface area contributed by atoms with Crippen molar-refractivity contribution in [3.05, 3.63) is 63.6 Å². The van der Waals surface area contributed by atoms with Gasteiger partial charge < -0.3 is 10.4 Å². The molecule has 0 saturated carbocycles. The van der Waals surface area contributed by atoms with E-state index in [0.29, 0.717) is 41.5 Å². The summed E-state index contributed by atoms with van der Waals surface area (Å²) < 4.78 is 0. The number of likely N-dealkylation sites (tertiary alicyclic amines) is 1. The van der Waals surface area contributed by atoms with E-state index < -0.39 is 0 Å². The van der Waals surface area contributed by atoms with Crippen molar-refractivity contribution in [2.24, 2.45) is 5.92 Å². The number of halogens is 2. The molecule has 1 aliphatic rings. The molecule has 2 aromatic rings. The number of phenols is 1. The van der Waals surface area contributed by atoms with Gasteiger partial charge in [0, 0.05) is 21.5 Å². The maximum atomic E-state index is 12.6. The average Bonchev–Trinajstić information content (AvgIpc) is 2.68. The van der Waals surface area contributed by atoms with Crippen molar-refractivity contribution in [2.45, 2.75) is 25.8 Å². The summed E-state index contributed by atoms with van der Waals surface area (Å²) in [6.45, 7) is 3.56. The van der Waals surface area contributed by atoms with E-state index in [1.54, 1.807) is 24.3 Å². The fourth-order valence-corrected chi connectivity index (χ4v) is 4.21. The molecule has 1 heterocycles. The summed E-state index contributed by atoms with van der Waals surface area (Å²) in [4.78, 5) is 27.1. The highest BCUT2D eigenvalue weighted by Crippen LogP contribution is 2.26. The Morgan fingerprint density at radius 2 is 1.79 bits per heavy atom. The van der Waals surface area contributed by atoms with Crippen LogP contribution in [0.5, 0.6) is 5.75 Å². The van der Waals surface area contributed by atoms with Gasteiger partial charge in [-0.2, -0.15) is 0 Å². The second-order valence-corrected chi connectivity index (χ2v) is 8.26. The van der Waals surface area contributed by atoms with Gasteiger partial charge in [-0.15, -0.1) is 0 Å². The number of rotatable bonds is 6. The van der Waals surface area contributed by atoms with Gasteiger partial charge in [0.1, 0.15) is 5.75 Å². The van der Waals surface area contributed by atoms with Gasteiger partial charge in [-0.3, -0.25) is 14.5 Å². The number of carbonyl (C=O) groups excluding carboxylic acids is 2. The van der Waals surface area contributed by atoms with Crippen LogP contribution in [0.2, 0.25) is 10.0 Å². The minimum absolute atomic E-state index is 0.0503. The van der Waals surface area contributed by atoms with Crippen molar-refractivity contribution in [3.63, 3.8) is 0 Å². The first-order chi connectivity index (χ1) is 13.8. The van der Waals surface area contributed by atoms with Crippen molar-refractivity contribution in [3.8, 4) is 5.75 Å². The molecule has 1 saturated heterocycles. The number of phenolic OH excluding ortho intramolecular Hbond substituents is 1. The van der Waals surface area contributed by atoms with Crippen molar-refractivity contribution in [2.75, 3.05) is 19.6 Å². The zero-order chi connectivity index (χ0) is 21.0. The van der Waals surface area contributed by atoms with Crippen LogP contribution in [0.4, 0.5) is 0 Å². The molecule has 1 aliphatic heterocycles. The molecule has 0 aliphatic carbocycles. The number of ketones is 1. The maximum Gasteiger partial charge on any atom is 0.234 e. The molecule has 0 radical (unpaired) electrons. The Balaban J connectivity index is 1.48. The minimum atomic E-state index is -0.221. The largest absolute Gasteiger partial charge is 0.508 e. The molecular weight excluding hydrogens is 411 g/mol. The van der Waals surface area contributed by atoms with E-state index in [-0.39, 0.29) is 35.9 Å². The van der Waals surface area contributed by atoms with Crippen LogP contribution in [0.1, 0.15) is 41.7 Å². The molecule has 0 bridgehead atoms. The zero-order valence-corrected chi connectivity index (χ0v) is 17.7. The first-order valence-electron chi connectivity index (χ1n) is 9.63. The van der Waals surface area contributed by atoms with E-state index in [1.165, 1.54) is 12.1 Å². The standard InChI is InChI=1S/C22H24Cl2N2O3/c1-14(19-7-4-17(23)12-20(19)24)25-21(28)13-26-10-8-16(9-11-26)22(29)15-2-5-18(27)6-3-15/h2-7,12,14,16,27H,8-11,13H2,1H3,(H,25,28). The molecule has 154 valence electrons. The van der Waals surface area contributed by atoms with Crippen LogP contribution in [-0.4, -0.2) is 41.3 Å². The number of nitrogens with one attached hydrogen (secondary N) is 1. The highest BCUT2D eigenvalue weighted by atomic mass is 35.5. The molecule has 1 amide bonds. The monoisotopic (exact) mass is 434 g/mol. The maximum absolute atomic E-state index is 12.6. The SMILES string of the molecule is CC(NC(=O)CN1CCC(C(=O)c2ccc(O)cc2)CC1)c1ccc(Cl)cc1Cl. The van der Waals surface area contributed by atoms with Crippen LogP contribution < -0.4 is 5.32 Å². The second kappa shape index (κ2) is 9.61. The van der Waals surface area contributed by atoms with E-state index >= 15 is 0 Å². The third-order valence-electron chi connectivity index (χ3n) is 5.28. The Morgan fingerprint density at radius 1 is 1.14 bits per heavy atom. The summed E-state index contributed by atoms with van der Waals surface area (Å²) in [6.07, 6.45) is 1.43. The van der Waals surface area contributed by atoms with Crippen LogP contribution in [0.3, 0.4) is 0 Å². The molecule has 0 aromatic heterocycles. The van der Waals surface area contributed by atoms with Crippen molar-refractivity contribution in [1.29, 1.82) is 0 Å². The smallest absolute Gasteiger partial charge is 0.234 e. The number of hydrogen-bond acceptors (Lipinski definition) is 4. The molecular formula is C22H24Cl2N2O3. The number of nitrogens with zero attached hydrogens (tertiary/aromatic N) is 1. The van der Waals surface area contributed by atoms with Crippen LogP contribution >= 0.6 is 23.2 Å².